The van der Waals surface area contributed by atoms with Crippen LogP contribution in [0, 0.1) is 18.3 Å². The molecular weight excluding hydrogens is 320 g/mol. The van der Waals surface area contributed by atoms with E-state index in [9.17, 15) is 0 Å². The van der Waals surface area contributed by atoms with Gasteiger partial charge < -0.3 is 0 Å². The largest absolute Gasteiger partial charge is 0.298 e. The van der Waals surface area contributed by atoms with Gasteiger partial charge in [0.1, 0.15) is 0 Å². The van der Waals surface area contributed by atoms with Crippen molar-refractivity contribution in [1.29, 1.82) is 5.26 Å². The van der Waals surface area contributed by atoms with Crippen molar-refractivity contribution in [3.8, 4) is 6.07 Å². The van der Waals surface area contributed by atoms with Crippen LogP contribution in [0.4, 0.5) is 0 Å². The molecule has 19 heavy (non-hydrogen) atoms. The quantitative estimate of drug-likeness (QED) is 0.832. The number of benzene rings is 1. The van der Waals surface area contributed by atoms with E-state index in [1.807, 2.05) is 18.2 Å². The maximum absolute atomic E-state index is 8.87. The van der Waals surface area contributed by atoms with Gasteiger partial charge in [-0.2, -0.15) is 5.26 Å². The lowest BCUT2D eigenvalue weighted by molar-refractivity contribution is 0.319. The second kappa shape index (κ2) is 6.33. The minimum atomic E-state index is 0.727. The molecule has 0 saturated heterocycles. The summed E-state index contributed by atoms with van der Waals surface area (Å²) in [4.78, 5) is 2.28. The molecule has 1 heterocycles. The van der Waals surface area contributed by atoms with Crippen molar-refractivity contribution in [2.75, 3.05) is 7.05 Å². The summed E-state index contributed by atoms with van der Waals surface area (Å²) in [6, 6.07) is 10.2. The molecule has 0 saturated carbocycles. The Morgan fingerprint density at radius 2 is 2.11 bits per heavy atom. The first-order valence-electron chi connectivity index (χ1n) is 5.99. The van der Waals surface area contributed by atoms with E-state index in [1.54, 1.807) is 11.3 Å². The molecule has 0 amide bonds. The highest BCUT2D eigenvalue weighted by Crippen LogP contribution is 2.22. The van der Waals surface area contributed by atoms with Gasteiger partial charge in [0.2, 0.25) is 0 Å². The van der Waals surface area contributed by atoms with Crippen molar-refractivity contribution in [3.05, 3.63) is 55.7 Å². The summed E-state index contributed by atoms with van der Waals surface area (Å²) < 4.78 is 1.17. The summed E-state index contributed by atoms with van der Waals surface area (Å²) in [5, 5.41) is 11.0. The first-order chi connectivity index (χ1) is 9.08. The molecule has 1 aromatic carbocycles. The highest BCUT2D eigenvalue weighted by Gasteiger charge is 2.06. The van der Waals surface area contributed by atoms with Crippen LogP contribution in [0.2, 0.25) is 0 Å². The Morgan fingerprint density at radius 1 is 1.32 bits per heavy atom. The SMILES string of the molecule is Cc1cc(C#N)ccc1CN(C)Cc1csc(Br)c1. The van der Waals surface area contributed by atoms with Gasteiger partial charge in [0.15, 0.2) is 0 Å². The number of rotatable bonds is 4. The molecule has 0 aliphatic carbocycles. The van der Waals surface area contributed by atoms with Crippen LogP contribution >= 0.6 is 27.3 Å². The van der Waals surface area contributed by atoms with Crippen molar-refractivity contribution in [2.45, 2.75) is 20.0 Å². The van der Waals surface area contributed by atoms with Gasteiger partial charge in [-0.3, -0.25) is 4.90 Å². The smallest absolute Gasteiger partial charge is 0.0991 e. The highest BCUT2D eigenvalue weighted by molar-refractivity contribution is 9.11. The lowest BCUT2D eigenvalue weighted by Crippen LogP contribution is -2.17. The predicted molar refractivity (Wildman–Crippen MR) is 83.1 cm³/mol. The molecule has 0 spiro atoms. The molecule has 0 atom stereocenters. The minimum absolute atomic E-state index is 0.727. The Hall–Kier alpha value is -1.15. The monoisotopic (exact) mass is 334 g/mol. The van der Waals surface area contributed by atoms with Crippen molar-refractivity contribution in [3.63, 3.8) is 0 Å². The van der Waals surface area contributed by atoms with Crippen LogP contribution in [0.5, 0.6) is 0 Å². The molecule has 2 rings (SSSR count). The van der Waals surface area contributed by atoms with Gasteiger partial charge in [-0.1, -0.05) is 6.07 Å². The van der Waals surface area contributed by atoms with E-state index in [4.69, 9.17) is 5.26 Å². The highest BCUT2D eigenvalue weighted by atomic mass is 79.9. The lowest BCUT2D eigenvalue weighted by atomic mass is 10.1. The second-order valence-corrected chi connectivity index (χ2v) is 6.97. The van der Waals surface area contributed by atoms with E-state index >= 15 is 0 Å². The van der Waals surface area contributed by atoms with Crippen molar-refractivity contribution < 1.29 is 0 Å². The Bertz CT molecular complexity index is 613. The maximum atomic E-state index is 8.87. The minimum Gasteiger partial charge on any atom is -0.298 e. The van der Waals surface area contributed by atoms with Crippen LogP contribution in [0.25, 0.3) is 0 Å². The molecule has 2 nitrogen and oxygen atoms in total. The first-order valence-corrected chi connectivity index (χ1v) is 7.67. The average molecular weight is 335 g/mol. The number of hydrogen-bond acceptors (Lipinski definition) is 3. The van der Waals surface area contributed by atoms with Gasteiger partial charge in [0.25, 0.3) is 0 Å². The third kappa shape index (κ3) is 3.90. The van der Waals surface area contributed by atoms with Crippen molar-refractivity contribution in [1.82, 2.24) is 4.90 Å². The molecular formula is C15H15BrN2S. The maximum Gasteiger partial charge on any atom is 0.0991 e. The lowest BCUT2D eigenvalue weighted by Gasteiger charge is -2.17. The van der Waals surface area contributed by atoms with Crippen molar-refractivity contribution in [2.24, 2.45) is 0 Å². The second-order valence-electron chi connectivity index (χ2n) is 4.68. The molecule has 0 radical (unpaired) electrons. The molecule has 4 heteroatoms. The topological polar surface area (TPSA) is 27.0 Å². The molecule has 0 N–H and O–H groups in total. The summed E-state index contributed by atoms with van der Waals surface area (Å²) >= 11 is 5.20. The molecule has 0 unspecified atom stereocenters. The normalized spacial score (nSPS) is 10.7. The van der Waals surface area contributed by atoms with E-state index in [0.29, 0.717) is 0 Å². The molecule has 0 aliphatic heterocycles. The van der Waals surface area contributed by atoms with Gasteiger partial charge >= 0.3 is 0 Å². The van der Waals surface area contributed by atoms with Crippen LogP contribution in [0.15, 0.2) is 33.4 Å². The van der Waals surface area contributed by atoms with E-state index in [-0.39, 0.29) is 0 Å². The van der Waals surface area contributed by atoms with Crippen LogP contribution in [-0.2, 0) is 13.1 Å². The number of halogens is 1. The van der Waals surface area contributed by atoms with Gasteiger partial charge in [-0.05, 0) is 70.2 Å². The standard InChI is InChI=1S/C15H15BrN2S/c1-11-5-12(7-17)3-4-14(11)9-18(2)8-13-6-15(16)19-10-13/h3-6,10H,8-9H2,1-2H3. The summed E-state index contributed by atoms with van der Waals surface area (Å²) in [5.74, 6) is 0. The summed E-state index contributed by atoms with van der Waals surface area (Å²) in [6.45, 7) is 3.89. The fraction of sp³-hybridized carbons (Fsp3) is 0.267. The number of aryl methyl sites for hydroxylation is 1. The van der Waals surface area contributed by atoms with Crippen LogP contribution in [-0.4, -0.2) is 11.9 Å². The Morgan fingerprint density at radius 3 is 2.68 bits per heavy atom. The predicted octanol–water partition coefficient (Wildman–Crippen LogP) is 4.32. The van der Waals surface area contributed by atoms with Gasteiger partial charge in [0.05, 0.1) is 15.4 Å². The number of thiophene rings is 1. The zero-order valence-electron chi connectivity index (χ0n) is 11.0. The third-order valence-electron chi connectivity index (χ3n) is 2.99. The van der Waals surface area contributed by atoms with E-state index in [0.717, 1.165) is 18.7 Å². The molecule has 0 bridgehead atoms. The Labute approximate surface area is 126 Å². The molecule has 0 aliphatic rings. The van der Waals surface area contributed by atoms with Gasteiger partial charge in [0, 0.05) is 13.1 Å². The Kier molecular flexibility index (Phi) is 4.76. The van der Waals surface area contributed by atoms with Crippen molar-refractivity contribution >= 4 is 27.3 Å². The third-order valence-corrected chi connectivity index (χ3v) is 4.54. The summed E-state index contributed by atoms with van der Waals surface area (Å²) in [7, 11) is 2.11. The Balaban J connectivity index is 2.03. The molecule has 98 valence electrons. The fourth-order valence-electron chi connectivity index (χ4n) is 2.03. The summed E-state index contributed by atoms with van der Waals surface area (Å²) in [5.41, 5.74) is 4.50. The zero-order valence-corrected chi connectivity index (χ0v) is 13.4. The van der Waals surface area contributed by atoms with E-state index in [2.05, 4.69) is 52.3 Å². The molecule has 2 aromatic rings. The first kappa shape index (κ1) is 14.3. The van der Waals surface area contributed by atoms with E-state index in [1.165, 1.54) is 20.5 Å². The van der Waals surface area contributed by atoms with Crippen LogP contribution in [0.1, 0.15) is 22.3 Å². The van der Waals surface area contributed by atoms with Gasteiger partial charge in [-0.25, -0.2) is 0 Å². The zero-order chi connectivity index (χ0) is 13.8. The number of nitriles is 1. The van der Waals surface area contributed by atoms with E-state index < -0.39 is 0 Å². The molecule has 1 aromatic heterocycles. The van der Waals surface area contributed by atoms with Gasteiger partial charge in [-0.15, -0.1) is 11.3 Å². The van der Waals surface area contributed by atoms with Crippen LogP contribution < -0.4 is 0 Å². The number of nitrogens with zero attached hydrogens (tertiary/aromatic N) is 2. The van der Waals surface area contributed by atoms with Crippen LogP contribution in [0.3, 0.4) is 0 Å². The number of hydrogen-bond donors (Lipinski definition) is 0. The summed E-state index contributed by atoms with van der Waals surface area (Å²) in [6.07, 6.45) is 0. The molecule has 0 fully saturated rings. The fourth-order valence-corrected chi connectivity index (χ4v) is 3.23. The average Bonchev–Trinajstić information content (AvgIpc) is 2.77.